The summed E-state index contributed by atoms with van der Waals surface area (Å²) >= 11 is 3.18. The molecule has 1 aromatic rings. The van der Waals surface area contributed by atoms with Crippen LogP contribution in [-0.2, 0) is 10.0 Å². The number of amides is 1. The Morgan fingerprint density at radius 2 is 2.17 bits per heavy atom. The highest BCUT2D eigenvalue weighted by Gasteiger charge is 2.09. The number of halogens is 1. The van der Waals surface area contributed by atoms with E-state index in [1.165, 1.54) is 0 Å². The summed E-state index contributed by atoms with van der Waals surface area (Å²) in [4.78, 5) is 15.6. The summed E-state index contributed by atoms with van der Waals surface area (Å²) in [5.41, 5.74) is 0.452. The third-order valence-electron chi connectivity index (χ3n) is 2.01. The van der Waals surface area contributed by atoms with Crippen molar-refractivity contribution in [2.24, 2.45) is 0 Å². The first-order chi connectivity index (χ1) is 8.40. The number of nitrogens with one attached hydrogen (secondary N) is 2. The van der Waals surface area contributed by atoms with Gasteiger partial charge < -0.3 is 5.32 Å². The average molecular weight is 336 g/mol. The minimum absolute atomic E-state index is 0.241. The maximum absolute atomic E-state index is 11.7. The lowest BCUT2D eigenvalue weighted by Crippen LogP contribution is -2.29. The SMILES string of the molecule is CS(=O)(=O)NCCCNC(=O)c1cccnc1Br. The molecule has 0 aliphatic heterocycles. The van der Waals surface area contributed by atoms with Crippen molar-refractivity contribution >= 4 is 31.9 Å². The topological polar surface area (TPSA) is 88.2 Å². The van der Waals surface area contributed by atoms with E-state index >= 15 is 0 Å². The Bertz CT molecular complexity index is 519. The van der Waals surface area contributed by atoms with Gasteiger partial charge in [-0.25, -0.2) is 18.1 Å². The molecule has 2 N–H and O–H groups in total. The summed E-state index contributed by atoms with van der Waals surface area (Å²) < 4.78 is 24.4. The predicted octanol–water partition coefficient (Wildman–Crippen LogP) is 0.513. The van der Waals surface area contributed by atoms with Crippen molar-refractivity contribution in [1.29, 1.82) is 0 Å². The normalized spacial score (nSPS) is 11.2. The van der Waals surface area contributed by atoms with Gasteiger partial charge in [0.2, 0.25) is 10.0 Å². The van der Waals surface area contributed by atoms with E-state index < -0.39 is 10.0 Å². The first-order valence-electron chi connectivity index (χ1n) is 5.23. The van der Waals surface area contributed by atoms with Gasteiger partial charge in [-0.15, -0.1) is 0 Å². The van der Waals surface area contributed by atoms with Crippen LogP contribution in [0, 0.1) is 0 Å². The maximum atomic E-state index is 11.7. The van der Waals surface area contributed by atoms with Gasteiger partial charge in [-0.3, -0.25) is 4.79 Å². The number of hydrogen-bond donors (Lipinski definition) is 2. The predicted molar refractivity (Wildman–Crippen MR) is 71.7 cm³/mol. The molecular formula is C10H14BrN3O3S. The molecule has 0 spiro atoms. The molecule has 1 heterocycles. The Labute approximate surface area is 114 Å². The lowest BCUT2D eigenvalue weighted by Gasteiger charge is -2.06. The van der Waals surface area contributed by atoms with Crippen molar-refractivity contribution in [3.05, 3.63) is 28.5 Å². The van der Waals surface area contributed by atoms with E-state index in [1.807, 2.05) is 0 Å². The molecule has 18 heavy (non-hydrogen) atoms. The number of nitrogens with zero attached hydrogens (tertiary/aromatic N) is 1. The third kappa shape index (κ3) is 5.56. The van der Waals surface area contributed by atoms with Crippen LogP contribution < -0.4 is 10.0 Å². The highest BCUT2D eigenvalue weighted by Crippen LogP contribution is 2.11. The van der Waals surface area contributed by atoms with Crippen LogP contribution >= 0.6 is 15.9 Å². The van der Waals surface area contributed by atoms with Crippen LogP contribution in [0.3, 0.4) is 0 Å². The molecule has 8 heteroatoms. The summed E-state index contributed by atoms with van der Waals surface area (Å²) in [5.74, 6) is -0.241. The van der Waals surface area contributed by atoms with Crippen molar-refractivity contribution in [3.8, 4) is 0 Å². The quantitative estimate of drug-likeness (QED) is 0.585. The zero-order valence-electron chi connectivity index (χ0n) is 9.81. The van der Waals surface area contributed by atoms with Crippen LogP contribution in [0.15, 0.2) is 22.9 Å². The molecule has 1 rings (SSSR count). The molecule has 0 bridgehead atoms. The van der Waals surface area contributed by atoms with Gasteiger partial charge in [0.25, 0.3) is 5.91 Å². The van der Waals surface area contributed by atoms with Gasteiger partial charge in [0.05, 0.1) is 11.8 Å². The zero-order valence-corrected chi connectivity index (χ0v) is 12.2. The summed E-state index contributed by atoms with van der Waals surface area (Å²) in [5, 5.41) is 2.68. The van der Waals surface area contributed by atoms with Gasteiger partial charge in [0.15, 0.2) is 0 Å². The summed E-state index contributed by atoms with van der Waals surface area (Å²) in [6.07, 6.45) is 3.20. The second-order valence-corrected chi connectivity index (χ2v) is 6.20. The van der Waals surface area contributed by atoms with Gasteiger partial charge in [-0.05, 0) is 34.5 Å². The first-order valence-corrected chi connectivity index (χ1v) is 7.92. The fourth-order valence-corrected chi connectivity index (χ4v) is 2.14. The Kier molecular flexibility index (Phi) is 5.70. The Morgan fingerprint density at radius 3 is 2.78 bits per heavy atom. The maximum Gasteiger partial charge on any atom is 0.254 e. The second kappa shape index (κ2) is 6.81. The molecule has 0 saturated carbocycles. The zero-order chi connectivity index (χ0) is 13.6. The highest BCUT2D eigenvalue weighted by atomic mass is 79.9. The first kappa shape index (κ1) is 15.1. The van der Waals surface area contributed by atoms with Gasteiger partial charge in [0.1, 0.15) is 4.60 Å². The smallest absolute Gasteiger partial charge is 0.254 e. The Hall–Kier alpha value is -0.990. The standard InChI is InChI=1S/C10H14BrN3O3S/c1-18(16,17)14-7-3-6-13-10(15)8-4-2-5-12-9(8)11/h2,4-5,14H,3,6-7H2,1H3,(H,13,15). The molecule has 6 nitrogen and oxygen atoms in total. The summed E-state index contributed by atoms with van der Waals surface area (Å²) in [6.45, 7) is 0.690. The molecule has 100 valence electrons. The molecule has 0 saturated heterocycles. The van der Waals surface area contributed by atoms with Crippen molar-refractivity contribution in [3.63, 3.8) is 0 Å². The van der Waals surface area contributed by atoms with E-state index in [4.69, 9.17) is 0 Å². The molecule has 0 aliphatic carbocycles. The van der Waals surface area contributed by atoms with Crippen molar-refractivity contribution in [2.45, 2.75) is 6.42 Å². The van der Waals surface area contributed by atoms with E-state index in [-0.39, 0.29) is 5.91 Å². The van der Waals surface area contributed by atoms with Crippen LogP contribution in [0.4, 0.5) is 0 Å². The molecule has 0 aromatic carbocycles. The number of hydrogen-bond acceptors (Lipinski definition) is 4. The van der Waals surface area contributed by atoms with Gasteiger partial charge in [0, 0.05) is 19.3 Å². The van der Waals surface area contributed by atoms with Gasteiger partial charge in [-0.2, -0.15) is 0 Å². The monoisotopic (exact) mass is 335 g/mol. The van der Waals surface area contributed by atoms with Crippen LogP contribution in [-0.4, -0.2) is 38.7 Å². The lowest BCUT2D eigenvalue weighted by molar-refractivity contribution is 0.0952. The summed E-state index contributed by atoms with van der Waals surface area (Å²) in [6, 6.07) is 3.33. The van der Waals surface area contributed by atoms with Crippen molar-refractivity contribution < 1.29 is 13.2 Å². The van der Waals surface area contributed by atoms with E-state index in [1.54, 1.807) is 18.3 Å². The number of aromatic nitrogens is 1. The molecule has 0 aliphatic rings. The Balaban J connectivity index is 2.33. The van der Waals surface area contributed by atoms with Crippen LogP contribution in [0.2, 0.25) is 0 Å². The second-order valence-electron chi connectivity index (χ2n) is 3.62. The molecule has 1 amide bonds. The molecule has 0 fully saturated rings. The average Bonchev–Trinajstić information content (AvgIpc) is 2.27. The fourth-order valence-electron chi connectivity index (χ4n) is 1.20. The van der Waals surface area contributed by atoms with E-state index in [2.05, 4.69) is 31.0 Å². The van der Waals surface area contributed by atoms with Gasteiger partial charge in [-0.1, -0.05) is 0 Å². The number of carbonyl (C=O) groups is 1. The number of pyridine rings is 1. The molecule has 0 radical (unpaired) electrons. The van der Waals surface area contributed by atoms with Gasteiger partial charge >= 0.3 is 0 Å². The largest absolute Gasteiger partial charge is 0.352 e. The molecule has 0 atom stereocenters. The van der Waals surface area contributed by atoms with Crippen LogP contribution in [0.5, 0.6) is 0 Å². The van der Waals surface area contributed by atoms with Crippen molar-refractivity contribution in [1.82, 2.24) is 15.0 Å². The third-order valence-corrected chi connectivity index (χ3v) is 3.37. The minimum atomic E-state index is -3.16. The number of sulfonamides is 1. The van der Waals surface area contributed by atoms with E-state index in [9.17, 15) is 13.2 Å². The fraction of sp³-hybridized carbons (Fsp3) is 0.400. The summed E-state index contributed by atoms with van der Waals surface area (Å²) in [7, 11) is -3.16. The van der Waals surface area contributed by atoms with Crippen LogP contribution in [0.1, 0.15) is 16.8 Å². The molecular weight excluding hydrogens is 322 g/mol. The lowest BCUT2D eigenvalue weighted by atomic mass is 10.2. The highest BCUT2D eigenvalue weighted by molar-refractivity contribution is 9.10. The molecule has 0 unspecified atom stereocenters. The molecule has 1 aromatic heterocycles. The van der Waals surface area contributed by atoms with E-state index in [0.717, 1.165) is 6.26 Å². The van der Waals surface area contributed by atoms with E-state index in [0.29, 0.717) is 29.7 Å². The number of rotatable bonds is 6. The van der Waals surface area contributed by atoms with Crippen LogP contribution in [0.25, 0.3) is 0 Å². The number of carbonyl (C=O) groups excluding carboxylic acids is 1. The minimum Gasteiger partial charge on any atom is -0.352 e. The van der Waals surface area contributed by atoms with Crippen molar-refractivity contribution in [2.75, 3.05) is 19.3 Å². The Morgan fingerprint density at radius 1 is 1.44 bits per heavy atom.